The summed E-state index contributed by atoms with van der Waals surface area (Å²) in [4.78, 5) is 23.7. The molecule has 0 saturated carbocycles. The number of hydrogen-bond donors (Lipinski definition) is 2. The fourth-order valence-electron chi connectivity index (χ4n) is 1.90. The first kappa shape index (κ1) is 14.1. The number of amides is 1. The Labute approximate surface area is 117 Å². The van der Waals surface area contributed by atoms with Crippen LogP contribution in [0.3, 0.4) is 0 Å². The summed E-state index contributed by atoms with van der Waals surface area (Å²) in [6, 6.07) is 10.6. The second-order valence-electron chi connectivity index (χ2n) is 5.96. The van der Waals surface area contributed by atoms with Crippen LogP contribution in [0.2, 0.25) is 0 Å². The number of benzene rings is 1. The van der Waals surface area contributed by atoms with Crippen LogP contribution < -0.4 is 10.9 Å². The van der Waals surface area contributed by atoms with E-state index in [0.717, 1.165) is 5.69 Å². The van der Waals surface area contributed by atoms with Gasteiger partial charge in [0.15, 0.2) is 0 Å². The third-order valence-corrected chi connectivity index (χ3v) is 2.70. The van der Waals surface area contributed by atoms with E-state index in [1.807, 2.05) is 51.1 Å². The van der Waals surface area contributed by atoms with E-state index in [-0.39, 0.29) is 16.9 Å². The fraction of sp³-hybridized carbons (Fsp3) is 0.333. The van der Waals surface area contributed by atoms with Crippen LogP contribution in [-0.4, -0.2) is 15.7 Å². The van der Waals surface area contributed by atoms with E-state index in [4.69, 9.17) is 0 Å². The normalized spacial score (nSPS) is 11.3. The monoisotopic (exact) mass is 273 g/mol. The van der Waals surface area contributed by atoms with Crippen LogP contribution in [0.25, 0.3) is 5.69 Å². The highest BCUT2D eigenvalue weighted by molar-refractivity contribution is 5.90. The maximum Gasteiger partial charge on any atom is 0.273 e. The smallest absolute Gasteiger partial charge is 0.273 e. The quantitative estimate of drug-likeness (QED) is 0.902. The molecule has 1 aromatic carbocycles. The SMILES string of the molecule is CC(C)(C)CC(=O)Nc1cc(=O)n(-c2ccccc2)[nH]1. The lowest BCUT2D eigenvalue weighted by Crippen LogP contribution is -2.19. The summed E-state index contributed by atoms with van der Waals surface area (Å²) in [5, 5.41) is 5.60. The van der Waals surface area contributed by atoms with Crippen molar-refractivity contribution in [3.05, 3.63) is 46.8 Å². The Morgan fingerprint density at radius 1 is 1.25 bits per heavy atom. The van der Waals surface area contributed by atoms with Crippen molar-refractivity contribution in [3.63, 3.8) is 0 Å². The lowest BCUT2D eigenvalue weighted by Gasteiger charge is -2.16. The largest absolute Gasteiger partial charge is 0.311 e. The molecule has 0 unspecified atom stereocenters. The highest BCUT2D eigenvalue weighted by Crippen LogP contribution is 2.19. The zero-order valence-corrected chi connectivity index (χ0v) is 11.9. The van der Waals surface area contributed by atoms with E-state index in [1.165, 1.54) is 10.7 Å². The number of anilines is 1. The van der Waals surface area contributed by atoms with E-state index in [1.54, 1.807) is 0 Å². The third-order valence-electron chi connectivity index (χ3n) is 2.70. The Balaban J connectivity index is 2.17. The lowest BCUT2D eigenvalue weighted by atomic mass is 9.92. The van der Waals surface area contributed by atoms with E-state index < -0.39 is 0 Å². The average molecular weight is 273 g/mol. The van der Waals surface area contributed by atoms with Crippen molar-refractivity contribution in [2.75, 3.05) is 5.32 Å². The minimum Gasteiger partial charge on any atom is -0.311 e. The van der Waals surface area contributed by atoms with Gasteiger partial charge in [-0.2, -0.15) is 0 Å². The number of nitrogens with zero attached hydrogens (tertiary/aromatic N) is 1. The molecule has 5 heteroatoms. The summed E-state index contributed by atoms with van der Waals surface area (Å²) in [7, 11) is 0. The van der Waals surface area contributed by atoms with Gasteiger partial charge >= 0.3 is 0 Å². The highest BCUT2D eigenvalue weighted by atomic mass is 16.2. The van der Waals surface area contributed by atoms with Gasteiger partial charge < -0.3 is 5.32 Å². The van der Waals surface area contributed by atoms with Crippen molar-refractivity contribution >= 4 is 11.7 Å². The van der Waals surface area contributed by atoms with Gasteiger partial charge in [-0.05, 0) is 17.5 Å². The van der Waals surface area contributed by atoms with Crippen molar-refractivity contribution in [2.24, 2.45) is 5.41 Å². The molecular weight excluding hydrogens is 254 g/mol. The van der Waals surface area contributed by atoms with Crippen LogP contribution in [0.15, 0.2) is 41.2 Å². The molecule has 2 N–H and O–H groups in total. The number of para-hydroxylation sites is 1. The van der Waals surface area contributed by atoms with Gasteiger partial charge in [0.25, 0.3) is 5.56 Å². The van der Waals surface area contributed by atoms with E-state index in [2.05, 4.69) is 10.4 Å². The zero-order valence-electron chi connectivity index (χ0n) is 11.9. The summed E-state index contributed by atoms with van der Waals surface area (Å²) in [6.45, 7) is 5.97. The molecule has 0 radical (unpaired) electrons. The van der Waals surface area contributed by atoms with Gasteiger partial charge in [-0.1, -0.05) is 39.0 Å². The molecular formula is C15H19N3O2. The number of aromatic amines is 1. The standard InChI is InChI=1S/C15H19N3O2/c1-15(2,3)10-13(19)16-12-9-14(20)18(17-12)11-7-5-4-6-8-11/h4-9,17H,10H2,1-3H3,(H,16,19). The Morgan fingerprint density at radius 3 is 2.50 bits per heavy atom. The van der Waals surface area contributed by atoms with Gasteiger partial charge in [-0.25, -0.2) is 4.68 Å². The first-order valence-corrected chi connectivity index (χ1v) is 6.52. The number of carbonyl (C=O) groups excluding carboxylic acids is 1. The van der Waals surface area contributed by atoms with Crippen LogP contribution >= 0.6 is 0 Å². The summed E-state index contributed by atoms with van der Waals surface area (Å²) in [5.74, 6) is 0.298. The predicted molar refractivity (Wildman–Crippen MR) is 79.1 cm³/mol. The number of nitrogens with one attached hydrogen (secondary N) is 2. The van der Waals surface area contributed by atoms with Crippen molar-refractivity contribution in [1.82, 2.24) is 9.78 Å². The predicted octanol–water partition coefficient (Wildman–Crippen LogP) is 2.54. The molecule has 0 saturated heterocycles. The lowest BCUT2D eigenvalue weighted by molar-refractivity contribution is -0.117. The van der Waals surface area contributed by atoms with Gasteiger partial charge in [-0.3, -0.25) is 14.7 Å². The van der Waals surface area contributed by atoms with Gasteiger partial charge in [0.2, 0.25) is 5.91 Å². The second kappa shape index (κ2) is 5.36. The van der Waals surface area contributed by atoms with E-state index in [0.29, 0.717) is 12.2 Å². The summed E-state index contributed by atoms with van der Waals surface area (Å²) >= 11 is 0. The zero-order chi connectivity index (χ0) is 14.8. The maximum atomic E-state index is 11.9. The van der Waals surface area contributed by atoms with Crippen molar-refractivity contribution in [1.29, 1.82) is 0 Å². The molecule has 1 aromatic heterocycles. The number of H-pyrrole nitrogens is 1. The molecule has 0 aliphatic rings. The van der Waals surface area contributed by atoms with Crippen molar-refractivity contribution in [2.45, 2.75) is 27.2 Å². The Bertz CT molecular complexity index is 648. The van der Waals surface area contributed by atoms with Crippen molar-refractivity contribution < 1.29 is 4.79 Å². The van der Waals surface area contributed by atoms with Crippen molar-refractivity contribution in [3.8, 4) is 5.69 Å². The summed E-state index contributed by atoms with van der Waals surface area (Å²) in [6.07, 6.45) is 0.394. The molecule has 2 aromatic rings. The highest BCUT2D eigenvalue weighted by Gasteiger charge is 2.16. The fourth-order valence-corrected chi connectivity index (χ4v) is 1.90. The molecule has 106 valence electrons. The van der Waals surface area contributed by atoms with Gasteiger partial charge in [-0.15, -0.1) is 0 Å². The molecule has 0 fully saturated rings. The minimum atomic E-state index is -0.206. The Hall–Kier alpha value is -2.30. The van der Waals surface area contributed by atoms with Crippen LogP contribution in [0.1, 0.15) is 27.2 Å². The number of aromatic nitrogens is 2. The van der Waals surface area contributed by atoms with Gasteiger partial charge in [0.05, 0.1) is 5.69 Å². The summed E-state index contributed by atoms with van der Waals surface area (Å²) in [5.41, 5.74) is 0.433. The van der Waals surface area contributed by atoms with E-state index in [9.17, 15) is 9.59 Å². The van der Waals surface area contributed by atoms with Crippen LogP contribution in [0, 0.1) is 5.41 Å². The Kier molecular flexibility index (Phi) is 3.79. The first-order chi connectivity index (χ1) is 9.35. The molecule has 20 heavy (non-hydrogen) atoms. The molecule has 1 heterocycles. The first-order valence-electron chi connectivity index (χ1n) is 6.52. The molecule has 0 aliphatic carbocycles. The molecule has 0 bridgehead atoms. The van der Waals surface area contributed by atoms with Crippen LogP contribution in [-0.2, 0) is 4.79 Å². The molecule has 0 spiro atoms. The van der Waals surface area contributed by atoms with Crippen LogP contribution in [0.5, 0.6) is 0 Å². The van der Waals surface area contributed by atoms with E-state index >= 15 is 0 Å². The average Bonchev–Trinajstić information content (AvgIpc) is 2.68. The van der Waals surface area contributed by atoms with Crippen LogP contribution in [0.4, 0.5) is 5.82 Å². The maximum absolute atomic E-state index is 11.9. The third kappa shape index (κ3) is 3.60. The van der Waals surface area contributed by atoms with Gasteiger partial charge in [0.1, 0.15) is 5.82 Å². The molecule has 2 rings (SSSR count). The summed E-state index contributed by atoms with van der Waals surface area (Å²) < 4.78 is 1.40. The molecule has 1 amide bonds. The van der Waals surface area contributed by atoms with Gasteiger partial charge in [0, 0.05) is 12.5 Å². The molecule has 5 nitrogen and oxygen atoms in total. The number of hydrogen-bond acceptors (Lipinski definition) is 2. The molecule has 0 aliphatic heterocycles. The minimum absolute atomic E-state index is 0.0909. The second-order valence-corrected chi connectivity index (χ2v) is 5.96. The topological polar surface area (TPSA) is 66.9 Å². The molecule has 0 atom stereocenters. The number of carbonyl (C=O) groups is 1. The number of rotatable bonds is 3. The Morgan fingerprint density at radius 2 is 1.90 bits per heavy atom.